The third kappa shape index (κ3) is 5.92. The van der Waals surface area contributed by atoms with Crippen molar-refractivity contribution in [3.8, 4) is 11.5 Å². The van der Waals surface area contributed by atoms with Crippen LogP contribution in [0.4, 0.5) is 0 Å². The number of aliphatic hydroxyl groups excluding tert-OH is 1. The number of ether oxygens (including phenoxy) is 3. The number of rotatable bonds is 10. The lowest BCUT2D eigenvalue weighted by atomic mass is 10.2. The Morgan fingerprint density at radius 1 is 1.16 bits per heavy atom. The van der Waals surface area contributed by atoms with E-state index in [2.05, 4.69) is 5.32 Å². The van der Waals surface area contributed by atoms with Gasteiger partial charge in [0, 0.05) is 33.2 Å². The van der Waals surface area contributed by atoms with Crippen LogP contribution < -0.4 is 14.8 Å². The van der Waals surface area contributed by atoms with E-state index in [9.17, 15) is 0 Å². The molecule has 0 aliphatic carbocycles. The van der Waals surface area contributed by atoms with E-state index < -0.39 is 0 Å². The molecule has 108 valence electrons. The molecule has 0 unspecified atom stereocenters. The van der Waals surface area contributed by atoms with Gasteiger partial charge in [-0.05, 0) is 17.7 Å². The van der Waals surface area contributed by atoms with Crippen LogP contribution in [0.3, 0.4) is 0 Å². The van der Waals surface area contributed by atoms with Gasteiger partial charge in [-0.1, -0.05) is 6.07 Å². The summed E-state index contributed by atoms with van der Waals surface area (Å²) in [7, 11) is 3.31. The predicted octanol–water partition coefficient (Wildman–Crippen LogP) is 1.19. The summed E-state index contributed by atoms with van der Waals surface area (Å²) in [5.41, 5.74) is 1.13. The molecule has 0 spiro atoms. The molecule has 0 amide bonds. The van der Waals surface area contributed by atoms with Crippen molar-refractivity contribution in [1.29, 1.82) is 0 Å². The summed E-state index contributed by atoms with van der Waals surface area (Å²) >= 11 is 0. The molecule has 0 radical (unpaired) electrons. The normalized spacial score (nSPS) is 10.5. The molecule has 0 aliphatic rings. The minimum absolute atomic E-state index is 0.129. The summed E-state index contributed by atoms with van der Waals surface area (Å²) in [6.45, 7) is 2.88. The lowest BCUT2D eigenvalue weighted by Gasteiger charge is -2.12. The fraction of sp³-hybridized carbons (Fsp3) is 0.571. The molecule has 5 heteroatoms. The minimum atomic E-state index is 0.129. The van der Waals surface area contributed by atoms with E-state index in [0.29, 0.717) is 31.1 Å². The maximum absolute atomic E-state index is 8.73. The van der Waals surface area contributed by atoms with Gasteiger partial charge in [-0.15, -0.1) is 0 Å². The highest BCUT2D eigenvalue weighted by Gasteiger charge is 2.05. The molecule has 0 atom stereocenters. The average Bonchev–Trinajstić information content (AvgIpc) is 2.45. The first kappa shape index (κ1) is 15.8. The monoisotopic (exact) mass is 269 g/mol. The van der Waals surface area contributed by atoms with Crippen molar-refractivity contribution in [1.82, 2.24) is 5.32 Å². The van der Waals surface area contributed by atoms with E-state index >= 15 is 0 Å². The maximum Gasteiger partial charge on any atom is 0.161 e. The van der Waals surface area contributed by atoms with Gasteiger partial charge in [-0.25, -0.2) is 0 Å². The zero-order valence-corrected chi connectivity index (χ0v) is 11.6. The van der Waals surface area contributed by atoms with E-state index in [-0.39, 0.29) is 6.61 Å². The van der Waals surface area contributed by atoms with E-state index in [1.54, 1.807) is 14.2 Å². The molecule has 2 N–H and O–H groups in total. The molecule has 0 saturated carbocycles. The summed E-state index contributed by atoms with van der Waals surface area (Å²) in [6, 6.07) is 5.84. The molecule has 1 aromatic rings. The lowest BCUT2D eigenvalue weighted by Crippen LogP contribution is -2.18. The van der Waals surface area contributed by atoms with Crippen LogP contribution in [-0.4, -0.2) is 45.7 Å². The molecule has 1 rings (SSSR count). The molecule has 0 bridgehead atoms. The van der Waals surface area contributed by atoms with Crippen molar-refractivity contribution in [3.05, 3.63) is 23.8 Å². The molecular weight excluding hydrogens is 246 g/mol. The molecular formula is C14H23NO4. The van der Waals surface area contributed by atoms with Gasteiger partial charge in [0.15, 0.2) is 11.5 Å². The van der Waals surface area contributed by atoms with Crippen LogP contribution >= 0.6 is 0 Å². The van der Waals surface area contributed by atoms with E-state index in [1.807, 2.05) is 18.2 Å². The Labute approximate surface area is 114 Å². The van der Waals surface area contributed by atoms with Crippen molar-refractivity contribution >= 4 is 0 Å². The van der Waals surface area contributed by atoms with Gasteiger partial charge in [0.2, 0.25) is 0 Å². The third-order valence-electron chi connectivity index (χ3n) is 2.60. The van der Waals surface area contributed by atoms with Crippen molar-refractivity contribution in [2.45, 2.75) is 13.0 Å². The molecule has 5 nitrogen and oxygen atoms in total. The van der Waals surface area contributed by atoms with Crippen molar-refractivity contribution in [2.75, 3.05) is 40.6 Å². The average molecular weight is 269 g/mol. The lowest BCUT2D eigenvalue weighted by molar-refractivity contribution is 0.199. The van der Waals surface area contributed by atoms with Crippen molar-refractivity contribution in [3.63, 3.8) is 0 Å². The maximum atomic E-state index is 8.73. The van der Waals surface area contributed by atoms with E-state index in [1.165, 1.54) is 0 Å². The number of hydrogen-bond donors (Lipinski definition) is 2. The second-order valence-electron chi connectivity index (χ2n) is 4.08. The van der Waals surface area contributed by atoms with Crippen LogP contribution in [0.15, 0.2) is 18.2 Å². The first-order valence-electron chi connectivity index (χ1n) is 6.42. The quantitative estimate of drug-likeness (QED) is 0.625. The standard InChI is InChI=1S/C14H23NO4/c1-17-9-6-15-11-12-4-5-13(14(10-12)18-2)19-8-3-7-16/h4-5,10,15-16H,3,6-9,11H2,1-2H3. The number of benzene rings is 1. The van der Waals surface area contributed by atoms with Gasteiger partial charge in [-0.3, -0.25) is 0 Å². The van der Waals surface area contributed by atoms with Gasteiger partial charge >= 0.3 is 0 Å². The smallest absolute Gasteiger partial charge is 0.161 e. The number of hydrogen-bond acceptors (Lipinski definition) is 5. The van der Waals surface area contributed by atoms with Crippen LogP contribution in [0.25, 0.3) is 0 Å². The minimum Gasteiger partial charge on any atom is -0.493 e. The molecule has 0 saturated heterocycles. The van der Waals surface area contributed by atoms with E-state index in [0.717, 1.165) is 18.7 Å². The Kier molecular flexibility index (Phi) is 7.97. The van der Waals surface area contributed by atoms with Crippen LogP contribution in [0.2, 0.25) is 0 Å². The summed E-state index contributed by atoms with van der Waals surface area (Å²) in [4.78, 5) is 0. The molecule has 0 fully saturated rings. The predicted molar refractivity (Wildman–Crippen MR) is 73.8 cm³/mol. The largest absolute Gasteiger partial charge is 0.493 e. The number of aliphatic hydroxyl groups is 1. The highest BCUT2D eigenvalue weighted by Crippen LogP contribution is 2.28. The number of nitrogens with one attached hydrogen (secondary N) is 1. The molecule has 1 aromatic carbocycles. The Morgan fingerprint density at radius 2 is 2.00 bits per heavy atom. The Balaban J connectivity index is 2.51. The zero-order chi connectivity index (χ0) is 13.9. The Hall–Kier alpha value is -1.30. The first-order valence-corrected chi connectivity index (χ1v) is 6.42. The van der Waals surface area contributed by atoms with Crippen LogP contribution in [0.5, 0.6) is 11.5 Å². The zero-order valence-electron chi connectivity index (χ0n) is 11.6. The van der Waals surface area contributed by atoms with Gasteiger partial charge < -0.3 is 24.6 Å². The molecule has 0 aliphatic heterocycles. The SMILES string of the molecule is COCCNCc1ccc(OCCCO)c(OC)c1. The first-order chi connectivity index (χ1) is 9.31. The summed E-state index contributed by atoms with van der Waals surface area (Å²) in [6.07, 6.45) is 0.615. The fourth-order valence-corrected chi connectivity index (χ4v) is 1.59. The van der Waals surface area contributed by atoms with Gasteiger partial charge in [0.1, 0.15) is 0 Å². The van der Waals surface area contributed by atoms with Crippen LogP contribution in [0.1, 0.15) is 12.0 Å². The molecule has 0 heterocycles. The van der Waals surface area contributed by atoms with E-state index in [4.69, 9.17) is 19.3 Å². The highest BCUT2D eigenvalue weighted by molar-refractivity contribution is 5.42. The Bertz CT molecular complexity index is 357. The van der Waals surface area contributed by atoms with Crippen molar-refractivity contribution < 1.29 is 19.3 Å². The number of methoxy groups -OCH3 is 2. The van der Waals surface area contributed by atoms with Crippen molar-refractivity contribution in [2.24, 2.45) is 0 Å². The summed E-state index contributed by atoms with van der Waals surface area (Å²) in [5, 5.41) is 12.0. The highest BCUT2D eigenvalue weighted by atomic mass is 16.5. The summed E-state index contributed by atoms with van der Waals surface area (Å²) in [5.74, 6) is 1.42. The topological polar surface area (TPSA) is 60.0 Å². The second kappa shape index (κ2) is 9.61. The van der Waals surface area contributed by atoms with Gasteiger partial charge in [-0.2, -0.15) is 0 Å². The van der Waals surface area contributed by atoms with Crippen LogP contribution in [-0.2, 0) is 11.3 Å². The second-order valence-corrected chi connectivity index (χ2v) is 4.08. The molecule has 0 aromatic heterocycles. The third-order valence-corrected chi connectivity index (χ3v) is 2.60. The van der Waals surface area contributed by atoms with Gasteiger partial charge in [0.05, 0.1) is 20.3 Å². The Morgan fingerprint density at radius 3 is 2.68 bits per heavy atom. The molecule has 19 heavy (non-hydrogen) atoms. The fourth-order valence-electron chi connectivity index (χ4n) is 1.59. The van der Waals surface area contributed by atoms with Gasteiger partial charge in [0.25, 0.3) is 0 Å². The summed E-state index contributed by atoms with van der Waals surface area (Å²) < 4.78 is 15.8. The van der Waals surface area contributed by atoms with Crippen LogP contribution in [0, 0.1) is 0 Å².